The van der Waals surface area contributed by atoms with Crippen LogP contribution in [-0.4, -0.2) is 26.0 Å². The molecule has 0 spiro atoms. The number of benzene rings is 3. The van der Waals surface area contributed by atoms with Crippen LogP contribution in [-0.2, 0) is 0 Å². The van der Waals surface area contributed by atoms with Crippen LogP contribution in [0.1, 0.15) is 27.0 Å². The predicted molar refractivity (Wildman–Crippen MR) is 132 cm³/mol. The second-order valence-electron chi connectivity index (χ2n) is 7.85. The molecule has 4 rings (SSSR count). The van der Waals surface area contributed by atoms with Gasteiger partial charge in [-0.05, 0) is 68.4 Å². The molecule has 0 aliphatic rings. The summed E-state index contributed by atoms with van der Waals surface area (Å²) >= 11 is 5.17. The second-order valence-corrected chi connectivity index (χ2v) is 8.26. The average Bonchev–Trinajstić information content (AvgIpc) is 3.17. The van der Waals surface area contributed by atoms with Gasteiger partial charge in [0.2, 0.25) is 5.89 Å². The third-order valence-electron chi connectivity index (χ3n) is 5.20. The lowest BCUT2D eigenvalue weighted by Gasteiger charge is -2.11. The molecular weight excluding hydrogens is 456 g/mol. The molecule has 0 atom stereocenters. The van der Waals surface area contributed by atoms with Crippen LogP contribution in [0.15, 0.2) is 52.9 Å². The fourth-order valence-electron chi connectivity index (χ4n) is 3.57. The van der Waals surface area contributed by atoms with Crippen molar-refractivity contribution in [1.29, 1.82) is 0 Å². The highest BCUT2D eigenvalue weighted by atomic mass is 32.1. The Labute approximate surface area is 199 Å². The number of anilines is 1. The number of aryl methyl sites for hydroxylation is 3. The lowest BCUT2D eigenvalue weighted by Crippen LogP contribution is -2.34. The van der Waals surface area contributed by atoms with Gasteiger partial charge in [0.25, 0.3) is 11.6 Å². The number of hydrogen-bond acceptors (Lipinski definition) is 7. The molecule has 0 aliphatic carbocycles. The summed E-state index contributed by atoms with van der Waals surface area (Å²) in [6.45, 7) is 5.49. The standard InChI is InChI=1S/C24H20N4O5S/c1-12-8-14(3)21-18(9-12)26-23(33-21)17-7-6-16(11-20(17)29)25-24(34)27-22(30)15-5-4-13(2)19(10-15)28(31)32/h4-11,29H,1-3H3,(H2,25,27,30,34). The summed E-state index contributed by atoms with van der Waals surface area (Å²) in [5, 5.41) is 26.9. The number of thiocarbonyl (C=S) groups is 1. The molecule has 0 saturated heterocycles. The molecule has 4 aromatic rings. The number of phenolic OH excluding ortho intramolecular Hbond substituents is 1. The molecule has 0 aliphatic heterocycles. The van der Waals surface area contributed by atoms with E-state index < -0.39 is 10.8 Å². The Morgan fingerprint density at radius 2 is 1.85 bits per heavy atom. The monoisotopic (exact) mass is 476 g/mol. The van der Waals surface area contributed by atoms with Gasteiger partial charge in [-0.2, -0.15) is 0 Å². The van der Waals surface area contributed by atoms with Crippen LogP contribution in [0.3, 0.4) is 0 Å². The van der Waals surface area contributed by atoms with E-state index in [1.54, 1.807) is 19.1 Å². The summed E-state index contributed by atoms with van der Waals surface area (Å²) < 4.78 is 5.86. The number of oxazole rings is 1. The molecule has 10 heteroatoms. The SMILES string of the molecule is Cc1cc(C)c2oc(-c3ccc(NC(=S)NC(=O)c4ccc(C)c([N+](=O)[O-])c4)cc3O)nc2c1. The van der Waals surface area contributed by atoms with E-state index in [-0.39, 0.29) is 28.0 Å². The summed E-state index contributed by atoms with van der Waals surface area (Å²) in [5.74, 6) is -0.405. The number of fused-ring (bicyclic) bond motifs is 1. The zero-order chi connectivity index (χ0) is 24.6. The summed E-state index contributed by atoms with van der Waals surface area (Å²) in [4.78, 5) is 27.5. The van der Waals surface area contributed by atoms with E-state index in [0.29, 0.717) is 27.9 Å². The van der Waals surface area contributed by atoms with Gasteiger partial charge in [-0.1, -0.05) is 12.1 Å². The molecule has 1 heterocycles. The van der Waals surface area contributed by atoms with Crippen LogP contribution >= 0.6 is 12.2 Å². The largest absolute Gasteiger partial charge is 0.507 e. The number of nitro groups is 1. The van der Waals surface area contributed by atoms with Crippen molar-refractivity contribution in [3.8, 4) is 17.2 Å². The summed E-state index contributed by atoms with van der Waals surface area (Å²) in [6, 6.07) is 12.8. The van der Waals surface area contributed by atoms with E-state index in [1.807, 2.05) is 26.0 Å². The number of nitrogens with one attached hydrogen (secondary N) is 2. The Morgan fingerprint density at radius 3 is 2.56 bits per heavy atom. The highest BCUT2D eigenvalue weighted by Gasteiger charge is 2.17. The van der Waals surface area contributed by atoms with Gasteiger partial charge in [0.05, 0.1) is 10.5 Å². The van der Waals surface area contributed by atoms with Gasteiger partial charge in [0, 0.05) is 28.9 Å². The first-order valence-electron chi connectivity index (χ1n) is 10.2. The van der Waals surface area contributed by atoms with E-state index in [2.05, 4.69) is 15.6 Å². The van der Waals surface area contributed by atoms with Crippen molar-refractivity contribution in [2.45, 2.75) is 20.8 Å². The number of aromatic nitrogens is 1. The molecule has 0 fully saturated rings. The zero-order valence-electron chi connectivity index (χ0n) is 18.5. The van der Waals surface area contributed by atoms with Crippen molar-refractivity contribution in [2.24, 2.45) is 0 Å². The molecule has 0 bridgehead atoms. The van der Waals surface area contributed by atoms with Gasteiger partial charge < -0.3 is 14.8 Å². The van der Waals surface area contributed by atoms with Crippen molar-refractivity contribution in [2.75, 3.05) is 5.32 Å². The maximum absolute atomic E-state index is 12.4. The molecule has 3 N–H and O–H groups in total. The Morgan fingerprint density at radius 1 is 1.09 bits per heavy atom. The van der Waals surface area contributed by atoms with Crippen molar-refractivity contribution in [3.05, 3.63) is 80.9 Å². The number of hydrogen-bond donors (Lipinski definition) is 3. The van der Waals surface area contributed by atoms with Crippen molar-refractivity contribution >= 4 is 45.7 Å². The topological polar surface area (TPSA) is 131 Å². The number of amides is 1. The lowest BCUT2D eigenvalue weighted by molar-refractivity contribution is -0.385. The molecule has 0 saturated carbocycles. The van der Waals surface area contributed by atoms with Gasteiger partial charge in [0.1, 0.15) is 11.3 Å². The maximum atomic E-state index is 12.4. The molecule has 9 nitrogen and oxygen atoms in total. The van der Waals surface area contributed by atoms with Crippen LogP contribution in [0, 0.1) is 30.9 Å². The van der Waals surface area contributed by atoms with Crippen LogP contribution < -0.4 is 10.6 Å². The minimum Gasteiger partial charge on any atom is -0.507 e. The van der Waals surface area contributed by atoms with Gasteiger partial charge in [-0.25, -0.2) is 4.98 Å². The van der Waals surface area contributed by atoms with E-state index in [0.717, 1.165) is 11.1 Å². The van der Waals surface area contributed by atoms with E-state index in [4.69, 9.17) is 16.6 Å². The Kier molecular flexibility index (Phi) is 5.99. The van der Waals surface area contributed by atoms with Crippen LogP contribution in [0.2, 0.25) is 0 Å². The minimum atomic E-state index is -0.599. The fourth-order valence-corrected chi connectivity index (χ4v) is 3.78. The lowest BCUT2D eigenvalue weighted by atomic mass is 10.1. The smallest absolute Gasteiger partial charge is 0.273 e. The first-order valence-corrected chi connectivity index (χ1v) is 10.6. The number of aromatic hydroxyl groups is 1. The maximum Gasteiger partial charge on any atom is 0.273 e. The van der Waals surface area contributed by atoms with E-state index in [9.17, 15) is 20.0 Å². The highest BCUT2D eigenvalue weighted by molar-refractivity contribution is 7.80. The summed E-state index contributed by atoms with van der Waals surface area (Å²) in [5.41, 5.74) is 4.58. The number of rotatable bonds is 4. The van der Waals surface area contributed by atoms with Gasteiger partial charge in [-0.3, -0.25) is 20.2 Å². The molecule has 172 valence electrons. The molecular formula is C24H20N4O5S. The number of nitrogens with zero attached hydrogens (tertiary/aromatic N) is 2. The number of carbonyl (C=O) groups excluding carboxylic acids is 1. The van der Waals surface area contributed by atoms with Gasteiger partial charge in [-0.15, -0.1) is 0 Å². The molecule has 1 aromatic heterocycles. The average molecular weight is 477 g/mol. The Bertz CT molecular complexity index is 1480. The van der Waals surface area contributed by atoms with Gasteiger partial charge in [0.15, 0.2) is 10.7 Å². The predicted octanol–water partition coefficient (Wildman–Crippen LogP) is 5.16. The quantitative estimate of drug-likeness (QED) is 0.209. The fraction of sp³-hybridized carbons (Fsp3) is 0.125. The second kappa shape index (κ2) is 8.91. The molecule has 0 unspecified atom stereocenters. The number of nitro benzene ring substituents is 1. The normalized spacial score (nSPS) is 10.8. The Balaban J connectivity index is 1.49. The minimum absolute atomic E-state index is 0.0339. The van der Waals surface area contributed by atoms with E-state index in [1.165, 1.54) is 24.3 Å². The third kappa shape index (κ3) is 4.57. The third-order valence-corrected chi connectivity index (χ3v) is 5.41. The van der Waals surface area contributed by atoms with Crippen molar-refractivity contribution in [3.63, 3.8) is 0 Å². The number of carbonyl (C=O) groups is 1. The zero-order valence-corrected chi connectivity index (χ0v) is 19.3. The summed E-state index contributed by atoms with van der Waals surface area (Å²) in [6.07, 6.45) is 0. The van der Waals surface area contributed by atoms with Crippen molar-refractivity contribution in [1.82, 2.24) is 10.3 Å². The first-order chi connectivity index (χ1) is 16.1. The Hall–Kier alpha value is -4.31. The molecule has 34 heavy (non-hydrogen) atoms. The summed E-state index contributed by atoms with van der Waals surface area (Å²) in [7, 11) is 0. The number of phenols is 1. The first kappa shape index (κ1) is 22.9. The van der Waals surface area contributed by atoms with Crippen LogP contribution in [0.25, 0.3) is 22.6 Å². The molecule has 3 aromatic carbocycles. The molecule has 0 radical (unpaired) electrons. The van der Waals surface area contributed by atoms with Gasteiger partial charge >= 0.3 is 0 Å². The van der Waals surface area contributed by atoms with Crippen LogP contribution in [0.4, 0.5) is 11.4 Å². The van der Waals surface area contributed by atoms with Crippen LogP contribution in [0.5, 0.6) is 5.75 Å². The van der Waals surface area contributed by atoms with Crippen molar-refractivity contribution < 1.29 is 19.2 Å². The molecule has 1 amide bonds. The van der Waals surface area contributed by atoms with E-state index >= 15 is 0 Å². The highest BCUT2D eigenvalue weighted by Crippen LogP contribution is 2.34.